The van der Waals surface area contributed by atoms with Crippen molar-refractivity contribution in [3.8, 4) is 11.5 Å². The van der Waals surface area contributed by atoms with Gasteiger partial charge in [0.15, 0.2) is 6.61 Å². The van der Waals surface area contributed by atoms with Crippen LogP contribution >= 0.6 is 0 Å². The molecule has 0 aliphatic rings. The molecule has 1 N–H and O–H groups in total. The summed E-state index contributed by atoms with van der Waals surface area (Å²) in [6.45, 7) is -0.0761. The maximum absolute atomic E-state index is 12.1. The molecule has 0 radical (unpaired) electrons. The number of hydrogen-bond donors (Lipinski definition) is 1. The minimum Gasteiger partial charge on any atom is -0.497 e. The zero-order valence-corrected chi connectivity index (χ0v) is 14.2. The summed E-state index contributed by atoms with van der Waals surface area (Å²) >= 11 is 0. The lowest BCUT2D eigenvalue weighted by atomic mass is 10.1. The van der Waals surface area contributed by atoms with Gasteiger partial charge in [0.25, 0.3) is 5.91 Å². The van der Waals surface area contributed by atoms with Crippen molar-refractivity contribution in [2.75, 3.05) is 19.0 Å². The highest BCUT2D eigenvalue weighted by Gasteiger charge is 2.09. The molecular formula is C21H17NO4. The number of fused-ring (bicyclic) bond motifs is 3. The maximum atomic E-state index is 12.1. The van der Waals surface area contributed by atoms with Crippen molar-refractivity contribution < 1.29 is 18.7 Å². The molecule has 1 amide bonds. The van der Waals surface area contributed by atoms with E-state index in [0.29, 0.717) is 11.4 Å². The van der Waals surface area contributed by atoms with Crippen molar-refractivity contribution in [1.29, 1.82) is 0 Å². The Bertz CT molecular complexity index is 1070. The van der Waals surface area contributed by atoms with Gasteiger partial charge in [-0.25, -0.2) is 0 Å². The first-order valence-electron chi connectivity index (χ1n) is 8.21. The Hall–Kier alpha value is -3.47. The van der Waals surface area contributed by atoms with Crippen LogP contribution in [0.1, 0.15) is 0 Å². The lowest BCUT2D eigenvalue weighted by molar-refractivity contribution is -0.118. The van der Waals surface area contributed by atoms with Gasteiger partial charge in [-0.2, -0.15) is 0 Å². The third-order valence-electron chi connectivity index (χ3n) is 4.09. The molecule has 0 atom stereocenters. The number of carbonyl (C=O) groups is 1. The molecule has 0 bridgehead atoms. The fourth-order valence-electron chi connectivity index (χ4n) is 2.82. The summed E-state index contributed by atoms with van der Waals surface area (Å²) in [6.07, 6.45) is 0. The van der Waals surface area contributed by atoms with Crippen LogP contribution in [-0.4, -0.2) is 19.6 Å². The monoisotopic (exact) mass is 347 g/mol. The second kappa shape index (κ2) is 6.80. The highest BCUT2D eigenvalue weighted by atomic mass is 16.5. The SMILES string of the molecule is COc1ccc(NC(=O)COc2ccc3oc4ccccc4c3c2)cc1. The third-order valence-corrected chi connectivity index (χ3v) is 4.09. The number of ether oxygens (including phenoxy) is 2. The first kappa shape index (κ1) is 16.0. The normalized spacial score (nSPS) is 10.8. The van der Waals surface area contributed by atoms with Crippen LogP contribution in [0.15, 0.2) is 71.1 Å². The van der Waals surface area contributed by atoms with Crippen molar-refractivity contribution >= 4 is 33.5 Å². The summed E-state index contributed by atoms with van der Waals surface area (Å²) in [5.74, 6) is 1.13. The summed E-state index contributed by atoms with van der Waals surface area (Å²) in [7, 11) is 1.60. The minimum absolute atomic E-state index is 0.0761. The van der Waals surface area contributed by atoms with Crippen LogP contribution in [-0.2, 0) is 4.79 Å². The molecule has 0 aliphatic heterocycles. The van der Waals surface area contributed by atoms with Gasteiger partial charge < -0.3 is 19.2 Å². The topological polar surface area (TPSA) is 60.7 Å². The van der Waals surface area contributed by atoms with Gasteiger partial charge in [-0.15, -0.1) is 0 Å². The van der Waals surface area contributed by atoms with E-state index in [0.717, 1.165) is 27.7 Å². The predicted octanol–water partition coefficient (Wildman–Crippen LogP) is 4.61. The summed E-state index contributed by atoms with van der Waals surface area (Å²) in [4.78, 5) is 12.1. The maximum Gasteiger partial charge on any atom is 0.262 e. The van der Waals surface area contributed by atoms with Gasteiger partial charge in [0.05, 0.1) is 7.11 Å². The molecule has 26 heavy (non-hydrogen) atoms. The zero-order chi connectivity index (χ0) is 17.9. The van der Waals surface area contributed by atoms with E-state index < -0.39 is 0 Å². The van der Waals surface area contributed by atoms with E-state index in [-0.39, 0.29) is 12.5 Å². The molecule has 3 aromatic carbocycles. The minimum atomic E-state index is -0.229. The second-order valence-electron chi connectivity index (χ2n) is 5.82. The fraction of sp³-hybridized carbons (Fsp3) is 0.0952. The van der Waals surface area contributed by atoms with Gasteiger partial charge in [0.1, 0.15) is 22.7 Å². The van der Waals surface area contributed by atoms with Crippen LogP contribution < -0.4 is 14.8 Å². The van der Waals surface area contributed by atoms with E-state index in [1.165, 1.54) is 0 Å². The van der Waals surface area contributed by atoms with Gasteiger partial charge in [-0.05, 0) is 48.5 Å². The Morgan fingerprint density at radius 1 is 0.923 bits per heavy atom. The van der Waals surface area contributed by atoms with Crippen molar-refractivity contribution in [2.45, 2.75) is 0 Å². The smallest absolute Gasteiger partial charge is 0.262 e. The van der Waals surface area contributed by atoms with Gasteiger partial charge in [0.2, 0.25) is 0 Å². The Morgan fingerprint density at radius 3 is 2.46 bits per heavy atom. The highest BCUT2D eigenvalue weighted by Crippen LogP contribution is 2.31. The molecule has 5 nitrogen and oxygen atoms in total. The lowest BCUT2D eigenvalue weighted by Gasteiger charge is -2.08. The molecule has 0 saturated carbocycles. The molecule has 5 heteroatoms. The van der Waals surface area contributed by atoms with E-state index in [4.69, 9.17) is 13.9 Å². The molecule has 4 aromatic rings. The number of hydrogen-bond acceptors (Lipinski definition) is 4. The van der Waals surface area contributed by atoms with E-state index in [9.17, 15) is 4.79 Å². The molecule has 0 fully saturated rings. The van der Waals surface area contributed by atoms with Crippen LogP contribution in [0.4, 0.5) is 5.69 Å². The Balaban J connectivity index is 1.45. The summed E-state index contributed by atoms with van der Waals surface area (Å²) in [5, 5.41) is 4.78. The van der Waals surface area contributed by atoms with Crippen LogP contribution in [0.2, 0.25) is 0 Å². The van der Waals surface area contributed by atoms with Crippen LogP contribution in [0.25, 0.3) is 21.9 Å². The number of amides is 1. The van der Waals surface area contributed by atoms with Crippen LogP contribution in [0.5, 0.6) is 11.5 Å². The number of furan rings is 1. The number of methoxy groups -OCH3 is 1. The van der Waals surface area contributed by atoms with E-state index >= 15 is 0 Å². The number of para-hydroxylation sites is 1. The predicted molar refractivity (Wildman–Crippen MR) is 101 cm³/mol. The molecular weight excluding hydrogens is 330 g/mol. The largest absolute Gasteiger partial charge is 0.497 e. The molecule has 0 unspecified atom stereocenters. The number of rotatable bonds is 5. The lowest BCUT2D eigenvalue weighted by Crippen LogP contribution is -2.20. The quantitative estimate of drug-likeness (QED) is 0.573. The van der Waals surface area contributed by atoms with Gasteiger partial charge >= 0.3 is 0 Å². The Morgan fingerprint density at radius 2 is 1.65 bits per heavy atom. The highest BCUT2D eigenvalue weighted by molar-refractivity contribution is 6.05. The fourth-order valence-corrected chi connectivity index (χ4v) is 2.82. The molecule has 1 aromatic heterocycles. The molecule has 1 heterocycles. The number of benzene rings is 3. The number of anilines is 1. The van der Waals surface area contributed by atoms with E-state index in [1.54, 1.807) is 37.4 Å². The third kappa shape index (κ3) is 3.19. The van der Waals surface area contributed by atoms with E-state index in [2.05, 4.69) is 5.32 Å². The summed E-state index contributed by atoms with van der Waals surface area (Å²) in [6, 6.07) is 20.5. The number of carbonyl (C=O) groups excluding carboxylic acids is 1. The van der Waals surface area contributed by atoms with Crippen molar-refractivity contribution in [3.63, 3.8) is 0 Å². The average molecular weight is 347 g/mol. The van der Waals surface area contributed by atoms with Crippen LogP contribution in [0.3, 0.4) is 0 Å². The molecule has 0 spiro atoms. The molecule has 130 valence electrons. The van der Waals surface area contributed by atoms with Crippen LogP contribution in [0, 0.1) is 0 Å². The van der Waals surface area contributed by atoms with Gasteiger partial charge in [-0.1, -0.05) is 18.2 Å². The molecule has 0 aliphatic carbocycles. The zero-order valence-electron chi connectivity index (χ0n) is 14.2. The second-order valence-corrected chi connectivity index (χ2v) is 5.82. The van der Waals surface area contributed by atoms with Crippen molar-refractivity contribution in [1.82, 2.24) is 0 Å². The molecule has 0 saturated heterocycles. The Kier molecular flexibility index (Phi) is 4.19. The first-order valence-corrected chi connectivity index (χ1v) is 8.21. The standard InChI is InChI=1S/C21H17NO4/c1-24-15-8-6-14(7-9-15)22-21(23)13-25-16-10-11-20-18(12-16)17-4-2-3-5-19(17)26-20/h2-12H,13H2,1H3,(H,22,23). The molecule has 4 rings (SSSR count). The Labute approximate surface area is 150 Å². The average Bonchev–Trinajstić information content (AvgIpc) is 3.05. The van der Waals surface area contributed by atoms with Gasteiger partial charge in [-0.3, -0.25) is 4.79 Å². The van der Waals surface area contributed by atoms with Crippen molar-refractivity contribution in [2.24, 2.45) is 0 Å². The summed E-state index contributed by atoms with van der Waals surface area (Å²) < 4.78 is 16.5. The number of nitrogens with one attached hydrogen (secondary N) is 1. The summed E-state index contributed by atoms with van der Waals surface area (Å²) in [5.41, 5.74) is 2.31. The first-order chi connectivity index (χ1) is 12.7. The van der Waals surface area contributed by atoms with Crippen molar-refractivity contribution in [3.05, 3.63) is 66.7 Å². The van der Waals surface area contributed by atoms with Gasteiger partial charge in [0, 0.05) is 16.5 Å². The van der Waals surface area contributed by atoms with E-state index in [1.807, 2.05) is 36.4 Å².